The van der Waals surface area contributed by atoms with Crippen molar-refractivity contribution in [3.63, 3.8) is 0 Å². The van der Waals surface area contributed by atoms with Gasteiger partial charge >= 0.3 is 0 Å². The zero-order valence-electron chi connectivity index (χ0n) is 10.5. The maximum Gasteiger partial charge on any atom is 0.159 e. The average Bonchev–Trinajstić information content (AvgIpc) is 2.28. The van der Waals surface area contributed by atoms with E-state index in [1.54, 1.807) is 12.3 Å². The molecule has 1 heterocycles. The van der Waals surface area contributed by atoms with Gasteiger partial charge in [-0.2, -0.15) is 0 Å². The SMILES string of the molecule is Cc1cc(F)ccc1-c1ncc(C(C)Cl)c(C)n1. The summed E-state index contributed by atoms with van der Waals surface area (Å²) in [4.78, 5) is 8.74. The van der Waals surface area contributed by atoms with Crippen molar-refractivity contribution in [2.45, 2.75) is 26.1 Å². The van der Waals surface area contributed by atoms with Crippen LogP contribution < -0.4 is 0 Å². The lowest BCUT2D eigenvalue weighted by Gasteiger charge is -2.10. The molecule has 0 N–H and O–H groups in total. The normalized spacial score (nSPS) is 12.5. The molecule has 1 unspecified atom stereocenters. The number of benzene rings is 1. The van der Waals surface area contributed by atoms with Crippen LogP contribution in [0.25, 0.3) is 11.4 Å². The summed E-state index contributed by atoms with van der Waals surface area (Å²) < 4.78 is 13.1. The Bertz CT molecular complexity index is 582. The van der Waals surface area contributed by atoms with Crippen molar-refractivity contribution in [1.82, 2.24) is 9.97 Å². The Kier molecular flexibility index (Phi) is 3.62. The highest BCUT2D eigenvalue weighted by atomic mass is 35.5. The van der Waals surface area contributed by atoms with E-state index in [1.165, 1.54) is 12.1 Å². The van der Waals surface area contributed by atoms with Gasteiger partial charge in [-0.05, 0) is 44.5 Å². The monoisotopic (exact) mass is 264 g/mol. The van der Waals surface area contributed by atoms with Crippen LogP contribution in [-0.2, 0) is 0 Å². The first kappa shape index (κ1) is 13.0. The third kappa shape index (κ3) is 2.51. The van der Waals surface area contributed by atoms with Gasteiger partial charge in [0.1, 0.15) is 5.82 Å². The van der Waals surface area contributed by atoms with Gasteiger partial charge in [-0.25, -0.2) is 14.4 Å². The van der Waals surface area contributed by atoms with Crippen molar-refractivity contribution in [2.75, 3.05) is 0 Å². The van der Waals surface area contributed by atoms with Gasteiger partial charge in [0.2, 0.25) is 0 Å². The van der Waals surface area contributed by atoms with Crippen molar-refractivity contribution in [2.24, 2.45) is 0 Å². The molecule has 0 fully saturated rings. The summed E-state index contributed by atoms with van der Waals surface area (Å²) in [6.07, 6.45) is 1.73. The average molecular weight is 265 g/mol. The van der Waals surface area contributed by atoms with E-state index in [2.05, 4.69) is 9.97 Å². The lowest BCUT2D eigenvalue weighted by molar-refractivity contribution is 0.627. The van der Waals surface area contributed by atoms with E-state index < -0.39 is 0 Å². The van der Waals surface area contributed by atoms with Crippen molar-refractivity contribution >= 4 is 11.6 Å². The van der Waals surface area contributed by atoms with E-state index in [9.17, 15) is 4.39 Å². The quantitative estimate of drug-likeness (QED) is 0.760. The third-order valence-corrected chi connectivity index (χ3v) is 3.11. The molecule has 0 aliphatic rings. The van der Waals surface area contributed by atoms with Crippen LogP contribution in [0, 0.1) is 19.7 Å². The first-order chi connectivity index (χ1) is 8.49. The molecule has 4 heteroatoms. The molecule has 1 aromatic heterocycles. The number of hydrogen-bond donors (Lipinski definition) is 0. The molecule has 0 saturated heterocycles. The Morgan fingerprint density at radius 1 is 1.28 bits per heavy atom. The summed E-state index contributed by atoms with van der Waals surface area (Å²) in [5.74, 6) is 0.352. The molecule has 94 valence electrons. The molecular formula is C14H14ClFN2. The van der Waals surface area contributed by atoms with Gasteiger partial charge in [-0.3, -0.25) is 0 Å². The maximum atomic E-state index is 13.1. The van der Waals surface area contributed by atoms with Crippen LogP contribution >= 0.6 is 11.6 Å². The predicted octanol–water partition coefficient (Wildman–Crippen LogP) is 4.20. The molecule has 0 bridgehead atoms. The van der Waals surface area contributed by atoms with Gasteiger partial charge in [0.05, 0.1) is 5.38 Å². The fraction of sp³-hybridized carbons (Fsp3) is 0.286. The molecule has 2 aromatic rings. The molecular weight excluding hydrogens is 251 g/mol. The van der Waals surface area contributed by atoms with E-state index in [0.717, 1.165) is 22.4 Å². The van der Waals surface area contributed by atoms with E-state index >= 15 is 0 Å². The third-order valence-electron chi connectivity index (χ3n) is 2.88. The van der Waals surface area contributed by atoms with Gasteiger partial charge in [-0.1, -0.05) is 0 Å². The Labute approximate surface area is 111 Å². The highest BCUT2D eigenvalue weighted by Crippen LogP contribution is 2.25. The first-order valence-electron chi connectivity index (χ1n) is 5.73. The van der Waals surface area contributed by atoms with Crippen LogP contribution in [0.15, 0.2) is 24.4 Å². The molecule has 2 nitrogen and oxygen atoms in total. The van der Waals surface area contributed by atoms with E-state index in [4.69, 9.17) is 11.6 Å². The fourth-order valence-electron chi connectivity index (χ4n) is 1.87. The maximum absolute atomic E-state index is 13.1. The molecule has 0 saturated carbocycles. The number of hydrogen-bond acceptors (Lipinski definition) is 2. The number of aryl methyl sites for hydroxylation is 2. The number of nitrogens with zero attached hydrogens (tertiary/aromatic N) is 2. The summed E-state index contributed by atoms with van der Waals surface area (Å²) in [6, 6.07) is 4.59. The molecule has 0 aliphatic carbocycles. The standard InChI is InChI=1S/C14H14ClFN2/c1-8-6-11(16)4-5-12(8)14-17-7-13(9(2)15)10(3)18-14/h4-7,9H,1-3H3. The van der Waals surface area contributed by atoms with Crippen molar-refractivity contribution in [3.05, 3.63) is 47.0 Å². The van der Waals surface area contributed by atoms with Crippen LogP contribution in [-0.4, -0.2) is 9.97 Å². The number of rotatable bonds is 2. The van der Waals surface area contributed by atoms with Crippen LogP contribution in [0.5, 0.6) is 0 Å². The molecule has 1 atom stereocenters. The van der Waals surface area contributed by atoms with E-state index in [1.807, 2.05) is 20.8 Å². The summed E-state index contributed by atoms with van der Waals surface area (Å²) in [6.45, 7) is 5.63. The summed E-state index contributed by atoms with van der Waals surface area (Å²) in [5, 5.41) is -0.117. The van der Waals surface area contributed by atoms with Crippen LogP contribution in [0.4, 0.5) is 4.39 Å². The largest absolute Gasteiger partial charge is 0.236 e. The Balaban J connectivity index is 2.49. The summed E-state index contributed by atoms with van der Waals surface area (Å²) in [5.41, 5.74) is 3.43. The lowest BCUT2D eigenvalue weighted by atomic mass is 10.1. The smallest absolute Gasteiger partial charge is 0.159 e. The lowest BCUT2D eigenvalue weighted by Crippen LogP contribution is -1.99. The minimum Gasteiger partial charge on any atom is -0.236 e. The second-order valence-electron chi connectivity index (χ2n) is 4.31. The van der Waals surface area contributed by atoms with Gasteiger partial charge in [0, 0.05) is 23.0 Å². The van der Waals surface area contributed by atoms with Gasteiger partial charge < -0.3 is 0 Å². The highest BCUT2D eigenvalue weighted by molar-refractivity contribution is 6.20. The topological polar surface area (TPSA) is 25.8 Å². The van der Waals surface area contributed by atoms with Crippen LogP contribution in [0.2, 0.25) is 0 Å². The van der Waals surface area contributed by atoms with E-state index in [-0.39, 0.29) is 11.2 Å². The number of halogens is 2. The zero-order valence-corrected chi connectivity index (χ0v) is 11.3. The molecule has 18 heavy (non-hydrogen) atoms. The van der Waals surface area contributed by atoms with Gasteiger partial charge in [-0.15, -0.1) is 11.6 Å². The Morgan fingerprint density at radius 2 is 2.00 bits per heavy atom. The van der Waals surface area contributed by atoms with Crippen LogP contribution in [0.3, 0.4) is 0 Å². The number of aromatic nitrogens is 2. The van der Waals surface area contributed by atoms with E-state index in [0.29, 0.717) is 5.82 Å². The van der Waals surface area contributed by atoms with Crippen LogP contribution in [0.1, 0.15) is 29.1 Å². The molecule has 0 radical (unpaired) electrons. The molecule has 0 amide bonds. The first-order valence-corrected chi connectivity index (χ1v) is 6.17. The molecule has 2 rings (SSSR count). The Hall–Kier alpha value is -1.48. The zero-order chi connectivity index (χ0) is 13.3. The minimum atomic E-state index is -0.251. The number of alkyl halides is 1. The molecule has 1 aromatic carbocycles. The van der Waals surface area contributed by atoms with Gasteiger partial charge in [0.15, 0.2) is 5.82 Å². The predicted molar refractivity (Wildman–Crippen MR) is 71.2 cm³/mol. The summed E-state index contributed by atoms with van der Waals surface area (Å²) >= 11 is 6.03. The summed E-state index contributed by atoms with van der Waals surface area (Å²) in [7, 11) is 0. The van der Waals surface area contributed by atoms with Crippen molar-refractivity contribution in [1.29, 1.82) is 0 Å². The highest BCUT2D eigenvalue weighted by Gasteiger charge is 2.11. The Morgan fingerprint density at radius 3 is 2.56 bits per heavy atom. The molecule has 0 spiro atoms. The molecule has 0 aliphatic heterocycles. The second-order valence-corrected chi connectivity index (χ2v) is 4.96. The van der Waals surface area contributed by atoms with Crippen molar-refractivity contribution in [3.8, 4) is 11.4 Å². The van der Waals surface area contributed by atoms with Gasteiger partial charge in [0.25, 0.3) is 0 Å². The van der Waals surface area contributed by atoms with Crippen molar-refractivity contribution < 1.29 is 4.39 Å². The second kappa shape index (κ2) is 5.02. The fourth-order valence-corrected chi connectivity index (χ4v) is 2.09. The minimum absolute atomic E-state index is 0.117.